The molecule has 92 valence electrons. The lowest BCUT2D eigenvalue weighted by Gasteiger charge is -2.36. The van der Waals surface area contributed by atoms with Crippen molar-refractivity contribution < 1.29 is 4.74 Å². The van der Waals surface area contributed by atoms with Gasteiger partial charge in [0.1, 0.15) is 5.75 Å². The van der Waals surface area contributed by atoms with Gasteiger partial charge in [-0.05, 0) is 31.0 Å². The second-order valence-corrected chi connectivity index (χ2v) is 4.88. The SMILES string of the molecule is COc1cccc(C2(C)CCN(C)N=C2C)c1. The van der Waals surface area contributed by atoms with Crippen LogP contribution in [0.25, 0.3) is 0 Å². The van der Waals surface area contributed by atoms with E-state index in [4.69, 9.17) is 4.74 Å². The molecule has 0 aromatic heterocycles. The first-order chi connectivity index (χ1) is 8.06. The van der Waals surface area contributed by atoms with Crippen molar-refractivity contribution in [1.29, 1.82) is 0 Å². The number of hydrogen-bond donors (Lipinski definition) is 0. The average molecular weight is 232 g/mol. The molecule has 0 saturated carbocycles. The lowest BCUT2D eigenvalue weighted by Crippen LogP contribution is -2.39. The molecule has 0 fully saturated rings. The normalized spacial score (nSPS) is 24.5. The van der Waals surface area contributed by atoms with E-state index in [1.165, 1.54) is 11.3 Å². The van der Waals surface area contributed by atoms with Crippen LogP contribution in [0, 0.1) is 0 Å². The summed E-state index contributed by atoms with van der Waals surface area (Å²) >= 11 is 0. The van der Waals surface area contributed by atoms with Gasteiger partial charge in [-0.3, -0.25) is 0 Å². The lowest BCUT2D eigenvalue weighted by atomic mass is 9.75. The minimum atomic E-state index is 0.0288. The van der Waals surface area contributed by atoms with Gasteiger partial charge in [0, 0.05) is 24.7 Å². The molecule has 0 radical (unpaired) electrons. The van der Waals surface area contributed by atoms with E-state index in [-0.39, 0.29) is 5.41 Å². The predicted octanol–water partition coefficient (Wildman–Crippen LogP) is 2.66. The minimum Gasteiger partial charge on any atom is -0.497 e. The van der Waals surface area contributed by atoms with Gasteiger partial charge in [-0.2, -0.15) is 5.10 Å². The van der Waals surface area contributed by atoms with Crippen molar-refractivity contribution in [2.45, 2.75) is 25.7 Å². The average Bonchev–Trinajstić information content (AvgIpc) is 2.34. The molecule has 1 aliphatic rings. The summed E-state index contributed by atoms with van der Waals surface area (Å²) in [6.45, 7) is 5.35. The first-order valence-electron chi connectivity index (χ1n) is 5.97. The van der Waals surface area contributed by atoms with Crippen LogP contribution in [0.2, 0.25) is 0 Å². The second-order valence-electron chi connectivity index (χ2n) is 4.88. The number of rotatable bonds is 2. The predicted molar refractivity (Wildman–Crippen MR) is 70.7 cm³/mol. The Morgan fingerprint density at radius 3 is 2.82 bits per heavy atom. The molecule has 1 unspecified atom stereocenters. The van der Waals surface area contributed by atoms with E-state index in [1.807, 2.05) is 24.2 Å². The van der Waals surface area contributed by atoms with Crippen molar-refractivity contribution in [3.8, 4) is 5.75 Å². The highest BCUT2D eigenvalue weighted by Crippen LogP contribution is 2.34. The number of ether oxygens (including phenoxy) is 1. The summed E-state index contributed by atoms with van der Waals surface area (Å²) in [6.07, 6.45) is 1.09. The number of benzene rings is 1. The maximum atomic E-state index is 5.30. The van der Waals surface area contributed by atoms with Gasteiger partial charge in [0.25, 0.3) is 0 Å². The number of methoxy groups -OCH3 is 1. The molecule has 2 rings (SSSR count). The van der Waals surface area contributed by atoms with Crippen molar-refractivity contribution in [2.75, 3.05) is 20.7 Å². The molecule has 3 heteroatoms. The van der Waals surface area contributed by atoms with Crippen molar-refractivity contribution >= 4 is 5.71 Å². The molecule has 3 nitrogen and oxygen atoms in total. The Labute approximate surface area is 103 Å². The summed E-state index contributed by atoms with van der Waals surface area (Å²) < 4.78 is 5.30. The van der Waals surface area contributed by atoms with Gasteiger partial charge in [0.15, 0.2) is 0 Å². The van der Waals surface area contributed by atoms with Crippen LogP contribution in [0.4, 0.5) is 0 Å². The fourth-order valence-corrected chi connectivity index (χ4v) is 2.30. The van der Waals surface area contributed by atoms with Gasteiger partial charge in [0.05, 0.1) is 7.11 Å². The molecule has 0 N–H and O–H groups in total. The molecule has 1 aromatic carbocycles. The van der Waals surface area contributed by atoms with E-state index in [9.17, 15) is 0 Å². The summed E-state index contributed by atoms with van der Waals surface area (Å²) in [5.41, 5.74) is 2.48. The maximum absolute atomic E-state index is 5.30. The Morgan fingerprint density at radius 1 is 1.41 bits per heavy atom. The van der Waals surface area contributed by atoms with Crippen molar-refractivity contribution in [3.63, 3.8) is 0 Å². The Hall–Kier alpha value is -1.51. The van der Waals surface area contributed by atoms with Gasteiger partial charge in [-0.15, -0.1) is 0 Å². The zero-order chi connectivity index (χ0) is 12.5. The number of hydrazone groups is 1. The smallest absolute Gasteiger partial charge is 0.119 e. The minimum absolute atomic E-state index is 0.0288. The molecule has 0 spiro atoms. The first-order valence-corrected chi connectivity index (χ1v) is 5.97. The second kappa shape index (κ2) is 4.40. The Balaban J connectivity index is 2.41. The van der Waals surface area contributed by atoms with Crippen molar-refractivity contribution in [1.82, 2.24) is 5.01 Å². The maximum Gasteiger partial charge on any atom is 0.119 e. The molecular formula is C14H20N2O. The van der Waals surface area contributed by atoms with Crippen LogP contribution in [-0.2, 0) is 5.41 Å². The summed E-state index contributed by atoms with van der Waals surface area (Å²) in [6, 6.07) is 8.30. The van der Waals surface area contributed by atoms with Gasteiger partial charge >= 0.3 is 0 Å². The zero-order valence-electron chi connectivity index (χ0n) is 11.0. The third-order valence-corrected chi connectivity index (χ3v) is 3.76. The highest BCUT2D eigenvalue weighted by Gasteiger charge is 2.33. The standard InChI is InChI=1S/C14H20N2O/c1-11-14(2,8-9-16(3)15-11)12-6-5-7-13(10-12)17-4/h5-7,10H,8-9H2,1-4H3. The van der Waals surface area contributed by atoms with E-state index in [0.29, 0.717) is 0 Å². The fourth-order valence-electron chi connectivity index (χ4n) is 2.30. The highest BCUT2D eigenvalue weighted by molar-refractivity contribution is 5.93. The number of nitrogens with zero attached hydrogens (tertiary/aromatic N) is 2. The van der Waals surface area contributed by atoms with Crippen LogP contribution >= 0.6 is 0 Å². The third kappa shape index (κ3) is 2.14. The molecule has 17 heavy (non-hydrogen) atoms. The first kappa shape index (κ1) is 12.0. The quantitative estimate of drug-likeness (QED) is 0.783. The van der Waals surface area contributed by atoms with Crippen molar-refractivity contribution in [3.05, 3.63) is 29.8 Å². The summed E-state index contributed by atoms with van der Waals surface area (Å²) in [4.78, 5) is 0. The van der Waals surface area contributed by atoms with E-state index in [1.54, 1.807) is 7.11 Å². The summed E-state index contributed by atoms with van der Waals surface area (Å²) in [7, 11) is 3.73. The molecule has 0 amide bonds. The Kier molecular flexibility index (Phi) is 3.09. The van der Waals surface area contributed by atoms with Crippen LogP contribution in [0.5, 0.6) is 5.75 Å². The Morgan fingerprint density at radius 2 is 2.18 bits per heavy atom. The van der Waals surface area contributed by atoms with Gasteiger partial charge in [-0.1, -0.05) is 19.1 Å². The molecule has 1 aliphatic heterocycles. The fraction of sp³-hybridized carbons (Fsp3) is 0.500. The van der Waals surface area contributed by atoms with E-state index in [2.05, 4.69) is 31.1 Å². The number of hydrogen-bond acceptors (Lipinski definition) is 3. The molecule has 0 bridgehead atoms. The molecular weight excluding hydrogens is 212 g/mol. The third-order valence-electron chi connectivity index (χ3n) is 3.76. The summed E-state index contributed by atoms with van der Waals surface area (Å²) in [5, 5.41) is 6.59. The van der Waals surface area contributed by atoms with Gasteiger partial charge in [-0.25, -0.2) is 0 Å². The van der Waals surface area contributed by atoms with Crippen LogP contribution in [-0.4, -0.2) is 31.4 Å². The van der Waals surface area contributed by atoms with Gasteiger partial charge in [0.2, 0.25) is 0 Å². The summed E-state index contributed by atoms with van der Waals surface area (Å²) in [5.74, 6) is 0.912. The highest BCUT2D eigenvalue weighted by atomic mass is 16.5. The molecule has 0 aliphatic carbocycles. The van der Waals surface area contributed by atoms with Crippen LogP contribution in [0.3, 0.4) is 0 Å². The van der Waals surface area contributed by atoms with Crippen LogP contribution in [0.15, 0.2) is 29.4 Å². The monoisotopic (exact) mass is 232 g/mol. The van der Waals surface area contributed by atoms with Gasteiger partial charge < -0.3 is 9.75 Å². The lowest BCUT2D eigenvalue weighted by molar-refractivity contribution is 0.295. The van der Waals surface area contributed by atoms with Crippen LogP contribution < -0.4 is 4.74 Å². The molecule has 1 heterocycles. The molecule has 1 aromatic rings. The van der Waals surface area contributed by atoms with Crippen molar-refractivity contribution in [2.24, 2.45) is 5.10 Å². The van der Waals surface area contributed by atoms with E-state index < -0.39 is 0 Å². The van der Waals surface area contributed by atoms with E-state index >= 15 is 0 Å². The topological polar surface area (TPSA) is 24.8 Å². The zero-order valence-corrected chi connectivity index (χ0v) is 11.0. The largest absolute Gasteiger partial charge is 0.497 e. The van der Waals surface area contributed by atoms with E-state index in [0.717, 1.165) is 18.7 Å². The van der Waals surface area contributed by atoms with Crippen LogP contribution in [0.1, 0.15) is 25.8 Å². The Bertz CT molecular complexity index is 442. The molecule has 1 atom stereocenters. The molecule has 0 saturated heterocycles.